The van der Waals surface area contributed by atoms with Crippen LogP contribution in [0.3, 0.4) is 0 Å². The molecular formula is C21H23FN6. The molecule has 2 aliphatic heterocycles. The first-order valence-corrected chi connectivity index (χ1v) is 8.99. The Balaban J connectivity index is 1.90. The second kappa shape index (κ2) is 6.58. The molecule has 6 nitrogen and oxygen atoms in total. The first-order chi connectivity index (χ1) is 16.2. The summed E-state index contributed by atoms with van der Waals surface area (Å²) in [6.45, 7) is 2.91. The fourth-order valence-electron chi connectivity index (χ4n) is 3.48. The van der Waals surface area contributed by atoms with Crippen molar-refractivity contribution in [1.29, 1.82) is 0 Å². The molecule has 2 atom stereocenters. The summed E-state index contributed by atoms with van der Waals surface area (Å²) < 4.78 is 77.0. The molecule has 2 bridgehead atoms. The fraction of sp³-hybridized carbons (Fsp3) is 0.381. The minimum Gasteiger partial charge on any atom is -0.382 e. The van der Waals surface area contributed by atoms with Crippen LogP contribution in [0.2, 0.25) is 0 Å². The average molecular weight is 385 g/mol. The van der Waals surface area contributed by atoms with Crippen LogP contribution in [0.15, 0.2) is 37.3 Å². The van der Waals surface area contributed by atoms with E-state index in [1.807, 2.05) is 6.92 Å². The second-order valence-electron chi connectivity index (χ2n) is 6.87. The van der Waals surface area contributed by atoms with Crippen molar-refractivity contribution in [3.63, 3.8) is 0 Å². The number of aromatic nitrogens is 4. The summed E-state index contributed by atoms with van der Waals surface area (Å²) in [6, 6.07) is -0.640. The molecule has 0 aromatic carbocycles. The van der Waals surface area contributed by atoms with Gasteiger partial charge in [0, 0.05) is 38.4 Å². The third-order valence-corrected chi connectivity index (χ3v) is 4.91. The number of rotatable bonds is 0. The van der Waals surface area contributed by atoms with Crippen LogP contribution < -0.4 is 10.2 Å². The SMILES string of the molecule is [2H]C1([2H])N2c3ccn4ncc(c4n3)C(=C)N[C@H](C)CCc3ncc(F)cc3[C@]2([2H])C([2H])([2H])C1([2H])[2H]. The van der Waals surface area contributed by atoms with Crippen molar-refractivity contribution in [2.24, 2.45) is 0 Å². The minimum atomic E-state index is -3.18. The molecule has 3 aromatic rings. The van der Waals surface area contributed by atoms with Crippen molar-refractivity contribution in [2.75, 3.05) is 11.4 Å². The Morgan fingerprint density at radius 3 is 3.21 bits per heavy atom. The molecule has 5 rings (SSSR count). The number of hydrogen-bond donors (Lipinski definition) is 1. The Hall–Kier alpha value is -2.96. The number of halogens is 1. The third kappa shape index (κ3) is 2.82. The number of nitrogens with zero attached hydrogens (tertiary/aromatic N) is 5. The van der Waals surface area contributed by atoms with Gasteiger partial charge in [0.25, 0.3) is 0 Å². The minimum absolute atomic E-state index is 0.155. The van der Waals surface area contributed by atoms with E-state index in [2.05, 4.69) is 27.0 Å². The van der Waals surface area contributed by atoms with E-state index in [1.54, 1.807) is 0 Å². The van der Waals surface area contributed by atoms with Gasteiger partial charge >= 0.3 is 0 Å². The van der Waals surface area contributed by atoms with E-state index in [-0.39, 0.29) is 35.2 Å². The van der Waals surface area contributed by atoms with Crippen LogP contribution in [0.1, 0.15) is 58.5 Å². The molecule has 3 aromatic heterocycles. The Labute approximate surface area is 172 Å². The third-order valence-electron chi connectivity index (χ3n) is 4.91. The van der Waals surface area contributed by atoms with Gasteiger partial charge in [-0.1, -0.05) is 6.58 Å². The second-order valence-corrected chi connectivity index (χ2v) is 6.87. The van der Waals surface area contributed by atoms with Crippen molar-refractivity contribution in [3.05, 3.63) is 59.9 Å². The predicted octanol–water partition coefficient (Wildman–Crippen LogP) is 3.50. The summed E-state index contributed by atoms with van der Waals surface area (Å²) in [4.78, 5) is 9.27. The first kappa shape index (κ1) is 11.1. The molecule has 0 unspecified atom stereocenters. The molecular weight excluding hydrogens is 355 g/mol. The van der Waals surface area contributed by atoms with E-state index in [0.717, 1.165) is 12.3 Å². The molecule has 1 saturated heterocycles. The zero-order chi connectivity index (χ0) is 25.6. The maximum Gasteiger partial charge on any atom is 0.166 e. The van der Waals surface area contributed by atoms with Gasteiger partial charge in [0.15, 0.2) is 5.65 Å². The standard InChI is InChI=1S/C21H23FN6/c1-13-5-6-18-16(10-15(22)11-23-18)19-4-3-8-27(19)20-7-9-28-21(26-20)17(12-24-28)14(2)25-13/h7,9-13,19,25H,2-6,8H2,1H3/t13-,19+/m1/s1/i3D2,4D2,8D2,19D. The van der Waals surface area contributed by atoms with Crippen molar-refractivity contribution in [3.8, 4) is 0 Å². The van der Waals surface area contributed by atoms with Crippen molar-refractivity contribution in [2.45, 2.75) is 44.6 Å². The number of fused-ring (bicyclic) bond motifs is 5. The van der Waals surface area contributed by atoms with Gasteiger partial charge in [0.05, 0.1) is 25.3 Å². The van der Waals surface area contributed by atoms with Gasteiger partial charge in [-0.3, -0.25) is 4.98 Å². The lowest BCUT2D eigenvalue weighted by atomic mass is 9.98. The van der Waals surface area contributed by atoms with Gasteiger partial charge in [-0.2, -0.15) is 5.10 Å². The highest BCUT2D eigenvalue weighted by atomic mass is 19.1. The maximum absolute atomic E-state index is 14.5. The summed E-state index contributed by atoms with van der Waals surface area (Å²) in [5.41, 5.74) is 1.20. The van der Waals surface area contributed by atoms with E-state index < -0.39 is 31.1 Å². The van der Waals surface area contributed by atoms with Gasteiger partial charge in [0.1, 0.15) is 11.6 Å². The van der Waals surface area contributed by atoms with Gasteiger partial charge < -0.3 is 10.2 Å². The first-order valence-electron chi connectivity index (χ1n) is 12.5. The van der Waals surface area contributed by atoms with E-state index in [9.17, 15) is 5.76 Å². The van der Waals surface area contributed by atoms with E-state index in [1.165, 1.54) is 23.0 Å². The van der Waals surface area contributed by atoms with Crippen LogP contribution in [0, 0.1) is 5.82 Å². The summed E-state index contributed by atoms with van der Waals surface area (Å²) in [5.74, 6) is -1.05. The number of nitrogens with one attached hydrogen (secondary N) is 1. The summed E-state index contributed by atoms with van der Waals surface area (Å²) >= 11 is 0. The highest BCUT2D eigenvalue weighted by molar-refractivity contribution is 5.74. The maximum atomic E-state index is 14.5. The zero-order valence-corrected chi connectivity index (χ0v) is 15.2. The van der Waals surface area contributed by atoms with Crippen molar-refractivity contribution in [1.82, 2.24) is 24.9 Å². The lowest BCUT2D eigenvalue weighted by Crippen LogP contribution is -2.26. The Morgan fingerprint density at radius 2 is 2.32 bits per heavy atom. The molecule has 0 amide bonds. The highest BCUT2D eigenvalue weighted by Gasteiger charge is 2.30. The largest absolute Gasteiger partial charge is 0.382 e. The molecule has 0 saturated carbocycles. The van der Waals surface area contributed by atoms with Crippen molar-refractivity contribution < 1.29 is 14.0 Å². The van der Waals surface area contributed by atoms with Crippen LogP contribution in [-0.4, -0.2) is 32.1 Å². The number of pyridine rings is 1. The molecule has 5 heterocycles. The van der Waals surface area contributed by atoms with E-state index in [4.69, 9.17) is 8.22 Å². The van der Waals surface area contributed by atoms with Crippen LogP contribution >= 0.6 is 0 Å². The molecule has 1 fully saturated rings. The molecule has 28 heavy (non-hydrogen) atoms. The molecule has 0 radical (unpaired) electrons. The normalized spacial score (nSPS) is 33.9. The summed E-state index contributed by atoms with van der Waals surface area (Å²) in [5, 5.41) is 7.50. The average Bonchev–Trinajstić information content (AvgIpc) is 3.23. The Bertz CT molecular complexity index is 1360. The molecule has 0 aliphatic carbocycles. The monoisotopic (exact) mass is 385 g/mol. The van der Waals surface area contributed by atoms with Crippen molar-refractivity contribution >= 4 is 17.2 Å². The number of aryl methyl sites for hydroxylation is 1. The zero-order valence-electron chi connectivity index (χ0n) is 22.2. The molecule has 1 N–H and O–H groups in total. The smallest absolute Gasteiger partial charge is 0.166 e. The van der Waals surface area contributed by atoms with Gasteiger partial charge in [-0.15, -0.1) is 0 Å². The van der Waals surface area contributed by atoms with Crippen LogP contribution in [0.25, 0.3) is 11.3 Å². The van der Waals surface area contributed by atoms with Crippen LogP contribution in [-0.2, 0) is 6.42 Å². The van der Waals surface area contributed by atoms with E-state index in [0.29, 0.717) is 22.6 Å². The Morgan fingerprint density at radius 1 is 1.43 bits per heavy atom. The molecule has 2 aliphatic rings. The predicted molar refractivity (Wildman–Crippen MR) is 106 cm³/mol. The van der Waals surface area contributed by atoms with Gasteiger partial charge in [0.2, 0.25) is 0 Å². The van der Waals surface area contributed by atoms with Crippen LogP contribution in [0.4, 0.5) is 10.2 Å². The topological polar surface area (TPSA) is 58.4 Å². The van der Waals surface area contributed by atoms with E-state index >= 15 is 0 Å². The van der Waals surface area contributed by atoms with Gasteiger partial charge in [-0.05, 0) is 50.2 Å². The summed E-state index contributed by atoms with van der Waals surface area (Å²) in [6.07, 6.45) is -1.73. The van der Waals surface area contributed by atoms with Gasteiger partial charge in [-0.25, -0.2) is 13.9 Å². The van der Waals surface area contributed by atoms with Crippen LogP contribution in [0.5, 0.6) is 0 Å². The summed E-state index contributed by atoms with van der Waals surface area (Å²) in [7, 11) is 0. The quantitative estimate of drug-likeness (QED) is 0.642. The molecule has 7 heteroatoms. The molecule has 144 valence electrons. The number of anilines is 1. The lowest BCUT2D eigenvalue weighted by molar-refractivity contribution is 0.575. The Kier molecular flexibility index (Phi) is 2.62. The molecule has 0 spiro atoms. The highest BCUT2D eigenvalue weighted by Crippen LogP contribution is 2.37. The lowest BCUT2D eigenvalue weighted by Gasteiger charge is -2.27. The number of hydrogen-bond acceptors (Lipinski definition) is 5. The fourth-order valence-corrected chi connectivity index (χ4v) is 3.48.